The van der Waals surface area contributed by atoms with Gasteiger partial charge in [0.25, 0.3) is 0 Å². The first-order chi connectivity index (χ1) is 12.7. The molecule has 0 saturated carbocycles. The minimum absolute atomic E-state index is 0.460. The monoisotopic (exact) mass is 459 g/mol. The average molecular weight is 459 g/mol. The molecular formula is C20H18IN3O2. The van der Waals surface area contributed by atoms with Crippen LogP contribution in [0, 0.1) is 14.9 Å². The van der Waals surface area contributed by atoms with Crippen LogP contribution in [0.15, 0.2) is 36.4 Å². The largest absolute Gasteiger partial charge is 0.493 e. The summed E-state index contributed by atoms with van der Waals surface area (Å²) in [5, 5.41) is 9.60. The van der Waals surface area contributed by atoms with Gasteiger partial charge in [0.15, 0.2) is 11.5 Å². The fraction of sp³-hybridized carbons (Fsp3) is 0.200. The van der Waals surface area contributed by atoms with E-state index in [0.29, 0.717) is 23.8 Å². The number of fused-ring (bicyclic) bond motifs is 1. The molecular weight excluding hydrogens is 441 g/mol. The Labute approximate surface area is 165 Å². The van der Waals surface area contributed by atoms with E-state index in [1.807, 2.05) is 36.4 Å². The first-order valence-electron chi connectivity index (χ1n) is 8.23. The molecule has 0 atom stereocenters. The van der Waals surface area contributed by atoms with E-state index in [-0.39, 0.29) is 0 Å². The van der Waals surface area contributed by atoms with Crippen LogP contribution < -0.4 is 9.47 Å². The molecule has 0 aliphatic carbocycles. The normalized spacial score (nSPS) is 11.4. The number of H-pyrrole nitrogens is 1. The number of allylic oxidation sites excluding steroid dienone is 1. The number of nitriles is 1. The van der Waals surface area contributed by atoms with Crippen molar-refractivity contribution in [2.24, 2.45) is 0 Å². The number of hydrogen-bond donors (Lipinski definition) is 1. The van der Waals surface area contributed by atoms with Crippen LogP contribution in [-0.2, 0) is 0 Å². The first-order valence-corrected chi connectivity index (χ1v) is 9.31. The van der Waals surface area contributed by atoms with Crippen LogP contribution >= 0.6 is 22.6 Å². The van der Waals surface area contributed by atoms with E-state index >= 15 is 0 Å². The van der Waals surface area contributed by atoms with Crippen molar-refractivity contribution < 1.29 is 9.47 Å². The lowest BCUT2D eigenvalue weighted by molar-refractivity contribution is 0.292. The molecule has 26 heavy (non-hydrogen) atoms. The average Bonchev–Trinajstić information content (AvgIpc) is 3.08. The van der Waals surface area contributed by atoms with Gasteiger partial charge in [-0.15, -0.1) is 0 Å². The molecule has 0 aliphatic rings. The summed E-state index contributed by atoms with van der Waals surface area (Å²) in [6.07, 6.45) is 2.72. The Hall–Kier alpha value is -2.53. The van der Waals surface area contributed by atoms with E-state index in [2.05, 4.69) is 45.6 Å². The second-order valence-corrected chi connectivity index (χ2v) is 6.82. The highest BCUT2D eigenvalue weighted by molar-refractivity contribution is 14.1. The van der Waals surface area contributed by atoms with Gasteiger partial charge >= 0.3 is 0 Å². The Kier molecular flexibility index (Phi) is 5.78. The van der Waals surface area contributed by atoms with Gasteiger partial charge in [0.2, 0.25) is 0 Å². The van der Waals surface area contributed by atoms with E-state index in [4.69, 9.17) is 9.47 Å². The third-order valence-corrected chi connectivity index (χ3v) is 4.58. The number of para-hydroxylation sites is 2. The molecule has 1 aromatic heterocycles. The molecule has 0 bridgehead atoms. The van der Waals surface area contributed by atoms with Crippen LogP contribution in [0.1, 0.15) is 24.7 Å². The number of rotatable bonds is 6. The minimum atomic E-state index is 0.460. The third kappa shape index (κ3) is 3.83. The zero-order chi connectivity index (χ0) is 18.5. The topological polar surface area (TPSA) is 70.9 Å². The molecule has 0 amide bonds. The maximum absolute atomic E-state index is 9.60. The number of nitrogens with one attached hydrogen (secondary N) is 1. The van der Waals surface area contributed by atoms with Gasteiger partial charge in [-0.25, -0.2) is 4.98 Å². The molecule has 0 aliphatic heterocycles. The summed E-state index contributed by atoms with van der Waals surface area (Å²) in [5.74, 6) is 1.93. The Morgan fingerprint density at radius 2 is 2.15 bits per heavy atom. The Morgan fingerprint density at radius 3 is 2.85 bits per heavy atom. The van der Waals surface area contributed by atoms with Gasteiger partial charge in [0, 0.05) is 0 Å². The molecule has 2 aromatic carbocycles. The molecule has 6 heteroatoms. The van der Waals surface area contributed by atoms with E-state index in [1.54, 1.807) is 13.2 Å². The van der Waals surface area contributed by atoms with E-state index in [0.717, 1.165) is 32.3 Å². The quantitative estimate of drug-likeness (QED) is 0.415. The fourth-order valence-electron chi connectivity index (χ4n) is 2.57. The molecule has 0 radical (unpaired) electrons. The van der Waals surface area contributed by atoms with Crippen molar-refractivity contribution in [3.05, 3.63) is 51.4 Å². The summed E-state index contributed by atoms with van der Waals surface area (Å²) in [6, 6.07) is 13.8. The van der Waals surface area contributed by atoms with Crippen molar-refractivity contribution in [3.63, 3.8) is 0 Å². The van der Waals surface area contributed by atoms with Crippen LogP contribution in [0.25, 0.3) is 22.7 Å². The van der Waals surface area contributed by atoms with Gasteiger partial charge in [0.1, 0.15) is 11.9 Å². The summed E-state index contributed by atoms with van der Waals surface area (Å²) < 4.78 is 12.2. The third-order valence-electron chi connectivity index (χ3n) is 3.78. The standard InChI is InChI=1S/C20H18IN3O2/c1-3-8-26-19-15(21)10-13(11-18(19)25-2)9-14(12-22)20-23-16-6-4-5-7-17(16)24-20/h4-7,9-11H,3,8H2,1-2H3,(H,23,24). The molecule has 0 saturated heterocycles. The molecule has 5 nitrogen and oxygen atoms in total. The zero-order valence-corrected chi connectivity index (χ0v) is 16.7. The molecule has 0 spiro atoms. The smallest absolute Gasteiger partial charge is 0.174 e. The van der Waals surface area contributed by atoms with E-state index in [9.17, 15) is 5.26 Å². The minimum Gasteiger partial charge on any atom is -0.493 e. The molecule has 3 aromatic rings. The number of imidazole rings is 1. The summed E-state index contributed by atoms with van der Waals surface area (Å²) in [4.78, 5) is 7.69. The van der Waals surface area contributed by atoms with E-state index in [1.165, 1.54) is 0 Å². The van der Waals surface area contributed by atoms with Crippen LogP contribution in [-0.4, -0.2) is 23.7 Å². The van der Waals surface area contributed by atoms with Crippen LogP contribution in [0.2, 0.25) is 0 Å². The number of nitrogens with zero attached hydrogens (tertiary/aromatic N) is 2. The highest BCUT2D eigenvalue weighted by Crippen LogP contribution is 2.35. The zero-order valence-electron chi connectivity index (χ0n) is 14.5. The fourth-order valence-corrected chi connectivity index (χ4v) is 3.35. The predicted molar refractivity (Wildman–Crippen MR) is 111 cm³/mol. The lowest BCUT2D eigenvalue weighted by Crippen LogP contribution is -2.00. The SMILES string of the molecule is CCCOc1c(I)cc(C=C(C#N)c2nc3ccccc3[nH]2)cc1OC. The number of aromatic amines is 1. The first kappa shape index (κ1) is 18.3. The number of aromatic nitrogens is 2. The van der Waals surface area contributed by atoms with Gasteiger partial charge in [0.05, 0.1) is 33.9 Å². The molecule has 3 rings (SSSR count). The van der Waals surface area contributed by atoms with E-state index < -0.39 is 0 Å². The number of ether oxygens (including phenoxy) is 2. The summed E-state index contributed by atoms with van der Waals surface area (Å²) in [7, 11) is 1.61. The second kappa shape index (κ2) is 8.23. The number of halogens is 1. The molecule has 1 heterocycles. The van der Waals surface area contributed by atoms with Gasteiger partial charge < -0.3 is 14.5 Å². The predicted octanol–water partition coefficient (Wildman–Crippen LogP) is 5.03. The van der Waals surface area contributed by atoms with Gasteiger partial charge in [-0.2, -0.15) is 5.26 Å². The number of benzene rings is 2. The lowest BCUT2D eigenvalue weighted by Gasteiger charge is -2.13. The number of methoxy groups -OCH3 is 1. The van der Waals surface area contributed by atoms with Crippen molar-refractivity contribution in [1.29, 1.82) is 5.26 Å². The highest BCUT2D eigenvalue weighted by Gasteiger charge is 2.13. The number of hydrogen-bond acceptors (Lipinski definition) is 4. The summed E-state index contributed by atoms with van der Waals surface area (Å²) in [6.45, 7) is 2.69. The van der Waals surface area contributed by atoms with Gasteiger partial charge in [-0.1, -0.05) is 19.1 Å². The van der Waals surface area contributed by atoms with Crippen molar-refractivity contribution in [1.82, 2.24) is 9.97 Å². The Balaban J connectivity index is 2.01. The van der Waals surface area contributed by atoms with Gasteiger partial charge in [-0.05, 0) is 64.9 Å². The Bertz CT molecular complexity index is 969. The second-order valence-electron chi connectivity index (χ2n) is 5.65. The van der Waals surface area contributed by atoms with Crippen molar-refractivity contribution in [2.45, 2.75) is 13.3 Å². The maximum Gasteiger partial charge on any atom is 0.174 e. The van der Waals surface area contributed by atoms with Crippen molar-refractivity contribution in [2.75, 3.05) is 13.7 Å². The van der Waals surface area contributed by atoms with Crippen LogP contribution in [0.4, 0.5) is 0 Å². The molecule has 1 N–H and O–H groups in total. The Morgan fingerprint density at radius 1 is 1.35 bits per heavy atom. The van der Waals surface area contributed by atoms with Crippen LogP contribution in [0.3, 0.4) is 0 Å². The highest BCUT2D eigenvalue weighted by atomic mass is 127. The summed E-state index contributed by atoms with van der Waals surface area (Å²) >= 11 is 2.22. The van der Waals surface area contributed by atoms with Crippen molar-refractivity contribution in [3.8, 4) is 17.6 Å². The van der Waals surface area contributed by atoms with Gasteiger partial charge in [-0.3, -0.25) is 0 Å². The maximum atomic E-state index is 9.60. The summed E-state index contributed by atoms with van der Waals surface area (Å²) in [5.41, 5.74) is 3.05. The molecule has 0 fully saturated rings. The van der Waals surface area contributed by atoms with Crippen LogP contribution in [0.5, 0.6) is 11.5 Å². The molecule has 0 unspecified atom stereocenters. The molecule has 132 valence electrons. The lowest BCUT2D eigenvalue weighted by atomic mass is 10.1. The van der Waals surface area contributed by atoms with Crippen molar-refractivity contribution >= 4 is 45.3 Å².